The largest absolute Gasteiger partial charge is 0.382 e. The van der Waals surface area contributed by atoms with Gasteiger partial charge < -0.3 is 15.0 Å². The van der Waals surface area contributed by atoms with Crippen molar-refractivity contribution < 1.29 is 18.7 Å². The lowest BCUT2D eigenvalue weighted by Gasteiger charge is -2.29. The van der Waals surface area contributed by atoms with Crippen LogP contribution in [0.15, 0.2) is 41.3 Å². The summed E-state index contributed by atoms with van der Waals surface area (Å²) in [5, 5.41) is 3.13. The molecular weight excluding hydrogens is 415 g/mol. The molecule has 0 spiro atoms. The Hall–Kier alpha value is -2.09. The smallest absolute Gasteiger partial charge is 0.251 e. The Kier molecular flexibility index (Phi) is 7.52. The zero-order valence-electron chi connectivity index (χ0n) is 16.0. The number of carbonyl (C=O) groups excluding carboxylic acids is 2. The summed E-state index contributed by atoms with van der Waals surface area (Å²) in [5.74, 6) is -0.415. The van der Waals surface area contributed by atoms with Crippen molar-refractivity contribution in [1.29, 1.82) is 0 Å². The maximum Gasteiger partial charge on any atom is 0.251 e. The van der Waals surface area contributed by atoms with Gasteiger partial charge in [-0.05, 0) is 49.2 Å². The van der Waals surface area contributed by atoms with Crippen LogP contribution in [0.25, 0.3) is 0 Å². The number of halogens is 2. The molecule has 2 amide bonds. The molecule has 0 bridgehead atoms. The average Bonchev–Trinajstić information content (AvgIpc) is 2.71. The molecule has 0 aliphatic carbocycles. The Morgan fingerprint density at radius 2 is 2.14 bits per heavy atom. The third-order valence-corrected chi connectivity index (χ3v) is 5.86. The van der Waals surface area contributed by atoms with Gasteiger partial charge in [0.15, 0.2) is 0 Å². The molecule has 1 heterocycles. The fourth-order valence-electron chi connectivity index (χ4n) is 2.96. The number of anilines is 1. The van der Waals surface area contributed by atoms with Crippen molar-refractivity contribution in [2.24, 2.45) is 0 Å². The predicted octanol–water partition coefficient (Wildman–Crippen LogP) is 4.27. The second-order valence-corrected chi connectivity index (χ2v) is 7.92. The van der Waals surface area contributed by atoms with Crippen LogP contribution in [0.5, 0.6) is 0 Å². The molecule has 1 aliphatic rings. The van der Waals surface area contributed by atoms with Gasteiger partial charge in [0.05, 0.1) is 18.0 Å². The minimum Gasteiger partial charge on any atom is -0.382 e. The molecule has 2 aromatic rings. The molecule has 0 aromatic heterocycles. The van der Waals surface area contributed by atoms with E-state index >= 15 is 0 Å². The molecule has 0 unspecified atom stereocenters. The number of fused-ring (bicyclic) bond motifs is 1. The normalized spacial score (nSPS) is 13.3. The van der Waals surface area contributed by atoms with Crippen LogP contribution in [-0.2, 0) is 16.1 Å². The Labute approximate surface area is 178 Å². The Morgan fingerprint density at radius 3 is 2.90 bits per heavy atom. The molecule has 0 saturated carbocycles. The second-order valence-electron chi connectivity index (χ2n) is 6.49. The van der Waals surface area contributed by atoms with Crippen LogP contribution in [0.4, 0.5) is 10.1 Å². The van der Waals surface area contributed by atoms with E-state index in [9.17, 15) is 14.0 Å². The molecule has 29 heavy (non-hydrogen) atoms. The van der Waals surface area contributed by atoms with Gasteiger partial charge in [-0.25, -0.2) is 4.39 Å². The van der Waals surface area contributed by atoms with Crippen LogP contribution in [0, 0.1) is 5.82 Å². The number of rotatable bonds is 8. The highest BCUT2D eigenvalue weighted by Gasteiger charge is 2.26. The van der Waals surface area contributed by atoms with Crippen LogP contribution in [0.2, 0.25) is 5.02 Å². The fourth-order valence-corrected chi connectivity index (χ4v) is 4.10. The van der Waals surface area contributed by atoms with Gasteiger partial charge in [-0.2, -0.15) is 0 Å². The summed E-state index contributed by atoms with van der Waals surface area (Å²) in [5.41, 5.74) is 1.78. The molecule has 1 N–H and O–H groups in total. The molecule has 8 heteroatoms. The van der Waals surface area contributed by atoms with Gasteiger partial charge in [-0.3, -0.25) is 9.59 Å². The van der Waals surface area contributed by atoms with Crippen molar-refractivity contribution in [3.8, 4) is 0 Å². The van der Waals surface area contributed by atoms with E-state index in [2.05, 4.69) is 5.32 Å². The fraction of sp³-hybridized carbons (Fsp3) is 0.333. The molecule has 2 aromatic carbocycles. The average molecular weight is 437 g/mol. The number of hydrogen-bond acceptors (Lipinski definition) is 4. The first kappa shape index (κ1) is 21.6. The Morgan fingerprint density at radius 1 is 1.31 bits per heavy atom. The summed E-state index contributed by atoms with van der Waals surface area (Å²) in [7, 11) is 0. The van der Waals surface area contributed by atoms with E-state index in [0.717, 1.165) is 11.3 Å². The van der Waals surface area contributed by atoms with Crippen molar-refractivity contribution in [1.82, 2.24) is 5.32 Å². The number of nitrogens with zero attached hydrogens (tertiary/aromatic N) is 1. The third-order valence-electron chi connectivity index (χ3n) is 4.46. The maximum atomic E-state index is 13.3. The molecule has 0 radical (unpaired) electrons. The van der Waals surface area contributed by atoms with Crippen molar-refractivity contribution in [3.63, 3.8) is 0 Å². The number of ether oxygens (including phenoxy) is 1. The van der Waals surface area contributed by atoms with Gasteiger partial charge in [-0.1, -0.05) is 17.7 Å². The SMILES string of the molecule is CCOCCCNC(=O)c1ccc2c(c1)N(Cc1ccc(F)cc1Cl)C(=O)CS2. The van der Waals surface area contributed by atoms with E-state index in [1.807, 2.05) is 13.0 Å². The summed E-state index contributed by atoms with van der Waals surface area (Å²) < 4.78 is 18.6. The summed E-state index contributed by atoms with van der Waals surface area (Å²) in [4.78, 5) is 27.5. The number of benzene rings is 2. The van der Waals surface area contributed by atoms with Gasteiger partial charge in [0, 0.05) is 35.2 Å². The van der Waals surface area contributed by atoms with Crippen LogP contribution in [0.1, 0.15) is 29.3 Å². The first-order valence-electron chi connectivity index (χ1n) is 9.36. The quantitative estimate of drug-likeness (QED) is 0.628. The van der Waals surface area contributed by atoms with E-state index in [1.165, 1.54) is 23.9 Å². The lowest BCUT2D eigenvalue weighted by Crippen LogP contribution is -2.35. The Balaban J connectivity index is 1.77. The minimum absolute atomic E-state index is 0.0860. The molecule has 3 rings (SSSR count). The lowest BCUT2D eigenvalue weighted by atomic mass is 10.1. The number of hydrogen-bond donors (Lipinski definition) is 1. The second kappa shape index (κ2) is 10.1. The number of nitrogens with one attached hydrogen (secondary N) is 1. The molecule has 0 atom stereocenters. The van der Waals surface area contributed by atoms with E-state index < -0.39 is 5.82 Å². The van der Waals surface area contributed by atoms with Crippen molar-refractivity contribution in [2.75, 3.05) is 30.4 Å². The summed E-state index contributed by atoms with van der Waals surface area (Å²) in [6.07, 6.45) is 0.730. The van der Waals surface area contributed by atoms with Gasteiger partial charge in [-0.15, -0.1) is 11.8 Å². The monoisotopic (exact) mass is 436 g/mol. The predicted molar refractivity (Wildman–Crippen MR) is 113 cm³/mol. The molecule has 1 aliphatic heterocycles. The molecule has 154 valence electrons. The van der Waals surface area contributed by atoms with E-state index in [4.69, 9.17) is 16.3 Å². The van der Waals surface area contributed by atoms with Crippen LogP contribution in [0.3, 0.4) is 0 Å². The zero-order valence-corrected chi connectivity index (χ0v) is 17.6. The van der Waals surface area contributed by atoms with Crippen LogP contribution >= 0.6 is 23.4 Å². The minimum atomic E-state index is -0.428. The van der Waals surface area contributed by atoms with E-state index in [0.29, 0.717) is 42.3 Å². The van der Waals surface area contributed by atoms with E-state index in [1.54, 1.807) is 23.1 Å². The Bertz CT molecular complexity index is 909. The van der Waals surface area contributed by atoms with Gasteiger partial charge in [0.25, 0.3) is 5.91 Å². The third kappa shape index (κ3) is 5.50. The number of thioether (sulfide) groups is 1. The maximum absolute atomic E-state index is 13.3. The summed E-state index contributed by atoms with van der Waals surface area (Å²) in [6, 6.07) is 9.43. The van der Waals surface area contributed by atoms with Crippen molar-refractivity contribution >= 4 is 40.9 Å². The van der Waals surface area contributed by atoms with Crippen molar-refractivity contribution in [3.05, 3.63) is 58.4 Å². The van der Waals surface area contributed by atoms with Crippen LogP contribution in [-0.4, -0.2) is 37.3 Å². The first-order valence-corrected chi connectivity index (χ1v) is 10.7. The zero-order chi connectivity index (χ0) is 20.8. The molecule has 0 fully saturated rings. The van der Waals surface area contributed by atoms with Crippen molar-refractivity contribution in [2.45, 2.75) is 24.8 Å². The van der Waals surface area contributed by atoms with Gasteiger partial charge >= 0.3 is 0 Å². The van der Waals surface area contributed by atoms with E-state index in [-0.39, 0.29) is 23.4 Å². The van der Waals surface area contributed by atoms with Crippen LogP contribution < -0.4 is 10.2 Å². The van der Waals surface area contributed by atoms with Gasteiger partial charge in [0.2, 0.25) is 5.91 Å². The standard InChI is InChI=1S/C21H22ClFN2O3S/c1-2-28-9-3-8-24-21(27)14-5-7-19-18(10-14)25(20(26)13-29-19)12-15-4-6-16(23)11-17(15)22/h4-7,10-11H,2-3,8-9,12-13H2,1H3,(H,24,27). The highest BCUT2D eigenvalue weighted by atomic mass is 35.5. The molecule has 5 nitrogen and oxygen atoms in total. The number of carbonyl (C=O) groups is 2. The highest BCUT2D eigenvalue weighted by Crippen LogP contribution is 2.37. The first-order chi connectivity index (χ1) is 14.0. The molecular formula is C21H22ClFN2O3S. The highest BCUT2D eigenvalue weighted by molar-refractivity contribution is 8.00. The van der Waals surface area contributed by atoms with Gasteiger partial charge in [0.1, 0.15) is 5.82 Å². The topological polar surface area (TPSA) is 58.6 Å². The molecule has 0 saturated heterocycles. The summed E-state index contributed by atoms with van der Waals surface area (Å²) >= 11 is 7.57. The summed E-state index contributed by atoms with van der Waals surface area (Å²) in [6.45, 7) is 3.90. The number of amides is 2. The lowest BCUT2D eigenvalue weighted by molar-refractivity contribution is -0.116.